The average molecular weight is 309 g/mol. The van der Waals surface area contributed by atoms with Crippen molar-refractivity contribution in [3.63, 3.8) is 0 Å². The highest BCUT2D eigenvalue weighted by atomic mass is 35.5. The minimum Gasteiger partial charge on any atom is -0.314 e. The van der Waals surface area contributed by atoms with Crippen molar-refractivity contribution in [3.05, 3.63) is 34.9 Å². The number of nitrogens with one attached hydrogen (secondary N) is 1. The highest BCUT2D eigenvalue weighted by Crippen LogP contribution is 2.24. The van der Waals surface area contributed by atoms with Crippen LogP contribution in [0.4, 0.5) is 0 Å². The van der Waals surface area contributed by atoms with Crippen LogP contribution in [0.25, 0.3) is 0 Å². The zero-order valence-corrected chi connectivity index (χ0v) is 14.2. The molecule has 0 saturated heterocycles. The van der Waals surface area contributed by atoms with Crippen LogP contribution in [-0.4, -0.2) is 31.1 Å². The maximum Gasteiger partial charge on any atom is 0.0406 e. The van der Waals surface area contributed by atoms with Gasteiger partial charge >= 0.3 is 0 Å². The van der Waals surface area contributed by atoms with Crippen LogP contribution >= 0.6 is 11.6 Å². The molecule has 1 saturated carbocycles. The number of nitrogens with zero attached hydrogens (tertiary/aromatic N) is 1. The third-order valence-electron chi connectivity index (χ3n) is 4.54. The molecule has 1 aliphatic carbocycles. The summed E-state index contributed by atoms with van der Waals surface area (Å²) in [6.45, 7) is 5.49. The van der Waals surface area contributed by atoms with Gasteiger partial charge in [0.15, 0.2) is 0 Å². The molecule has 0 aromatic heterocycles. The molecular formula is C18H29ClN2. The minimum absolute atomic E-state index is 0.699. The van der Waals surface area contributed by atoms with Crippen LogP contribution < -0.4 is 5.32 Å². The van der Waals surface area contributed by atoms with E-state index >= 15 is 0 Å². The fraction of sp³-hybridized carbons (Fsp3) is 0.667. The molecular weight excluding hydrogens is 280 g/mol. The molecule has 1 fully saturated rings. The Hall–Kier alpha value is -0.570. The Bertz CT molecular complexity index is 404. The van der Waals surface area contributed by atoms with Crippen LogP contribution in [0.1, 0.15) is 44.6 Å². The first-order valence-corrected chi connectivity index (χ1v) is 8.73. The lowest BCUT2D eigenvalue weighted by molar-refractivity contribution is 0.220. The number of rotatable bonds is 6. The molecule has 21 heavy (non-hydrogen) atoms. The molecule has 2 nitrogen and oxygen atoms in total. The Labute approximate surface area is 134 Å². The summed E-state index contributed by atoms with van der Waals surface area (Å²) < 4.78 is 0. The Morgan fingerprint density at radius 1 is 1.14 bits per heavy atom. The van der Waals surface area contributed by atoms with Crippen molar-refractivity contribution in [1.29, 1.82) is 0 Å². The molecule has 2 rings (SSSR count). The van der Waals surface area contributed by atoms with E-state index in [1.54, 1.807) is 0 Å². The molecule has 0 heterocycles. The van der Waals surface area contributed by atoms with E-state index in [2.05, 4.69) is 36.3 Å². The van der Waals surface area contributed by atoms with Gasteiger partial charge in [0.25, 0.3) is 0 Å². The molecule has 2 unspecified atom stereocenters. The van der Waals surface area contributed by atoms with E-state index in [0.717, 1.165) is 24.0 Å². The van der Waals surface area contributed by atoms with E-state index in [1.165, 1.54) is 44.2 Å². The maximum absolute atomic E-state index is 5.95. The van der Waals surface area contributed by atoms with Gasteiger partial charge in [-0.3, -0.25) is 0 Å². The largest absolute Gasteiger partial charge is 0.314 e. The lowest BCUT2D eigenvalue weighted by atomic mass is 9.94. The number of hydrogen-bond acceptors (Lipinski definition) is 2. The summed E-state index contributed by atoms with van der Waals surface area (Å²) in [6.07, 6.45) is 6.88. The molecule has 118 valence electrons. The Morgan fingerprint density at radius 2 is 1.86 bits per heavy atom. The second-order valence-electron chi connectivity index (χ2n) is 6.39. The maximum atomic E-state index is 5.95. The van der Waals surface area contributed by atoms with Crippen molar-refractivity contribution < 1.29 is 0 Å². The molecule has 0 aliphatic heterocycles. The summed E-state index contributed by atoms with van der Waals surface area (Å²) in [5.41, 5.74) is 1.34. The van der Waals surface area contributed by atoms with E-state index in [9.17, 15) is 0 Å². The van der Waals surface area contributed by atoms with E-state index < -0.39 is 0 Å². The first-order chi connectivity index (χ1) is 10.2. The van der Waals surface area contributed by atoms with Gasteiger partial charge < -0.3 is 10.2 Å². The number of benzene rings is 1. The average Bonchev–Trinajstić information content (AvgIpc) is 2.68. The summed E-state index contributed by atoms with van der Waals surface area (Å²) in [4.78, 5) is 2.46. The first-order valence-electron chi connectivity index (χ1n) is 8.35. The molecule has 3 heteroatoms. The summed E-state index contributed by atoms with van der Waals surface area (Å²) in [6, 6.07) is 8.93. The lowest BCUT2D eigenvalue weighted by Crippen LogP contribution is -2.40. The molecule has 0 bridgehead atoms. The Morgan fingerprint density at radius 3 is 2.57 bits per heavy atom. The molecule has 1 aromatic rings. The van der Waals surface area contributed by atoms with Crippen LogP contribution in [-0.2, 0) is 6.54 Å². The Kier molecular flexibility index (Phi) is 7.01. The van der Waals surface area contributed by atoms with Crippen LogP contribution in [0.15, 0.2) is 24.3 Å². The summed E-state index contributed by atoms with van der Waals surface area (Å²) in [5, 5.41) is 4.52. The lowest BCUT2D eigenvalue weighted by Gasteiger charge is -2.30. The van der Waals surface area contributed by atoms with E-state index in [0.29, 0.717) is 6.04 Å². The summed E-state index contributed by atoms with van der Waals surface area (Å²) >= 11 is 5.95. The minimum atomic E-state index is 0.699. The second-order valence-corrected chi connectivity index (χ2v) is 6.82. The quantitative estimate of drug-likeness (QED) is 0.787. The predicted octanol–water partition coefficient (Wildman–Crippen LogP) is 4.33. The second kappa shape index (κ2) is 8.77. The van der Waals surface area contributed by atoms with Gasteiger partial charge in [-0.25, -0.2) is 0 Å². The van der Waals surface area contributed by atoms with Crippen LogP contribution in [0.5, 0.6) is 0 Å². The monoisotopic (exact) mass is 308 g/mol. The van der Waals surface area contributed by atoms with Crippen LogP contribution in [0.3, 0.4) is 0 Å². The molecule has 1 aromatic carbocycles. The predicted molar refractivity (Wildman–Crippen MR) is 91.8 cm³/mol. The smallest absolute Gasteiger partial charge is 0.0406 e. The van der Waals surface area contributed by atoms with Gasteiger partial charge in [0.1, 0.15) is 0 Å². The van der Waals surface area contributed by atoms with Crippen molar-refractivity contribution in [1.82, 2.24) is 10.2 Å². The molecule has 2 atom stereocenters. The fourth-order valence-electron chi connectivity index (χ4n) is 3.50. The highest BCUT2D eigenvalue weighted by Gasteiger charge is 2.23. The molecule has 0 amide bonds. The van der Waals surface area contributed by atoms with Gasteiger partial charge in [0.05, 0.1) is 0 Å². The molecule has 0 radical (unpaired) electrons. The standard InChI is InChI=1S/C18H29ClN2/c1-3-20-18-8-6-4-5-7-16(18)14-21(2)13-15-9-11-17(19)12-10-15/h9-12,16,18,20H,3-8,13-14H2,1-2H3. The third kappa shape index (κ3) is 5.61. The Balaban J connectivity index is 1.89. The van der Waals surface area contributed by atoms with E-state index in [1.807, 2.05) is 12.1 Å². The molecule has 1 N–H and O–H groups in total. The summed E-state index contributed by atoms with van der Waals surface area (Å²) in [5.74, 6) is 0.782. The van der Waals surface area contributed by atoms with Gasteiger partial charge in [-0.05, 0) is 50.0 Å². The van der Waals surface area contributed by atoms with E-state index in [-0.39, 0.29) is 0 Å². The van der Waals surface area contributed by atoms with Crippen LogP contribution in [0, 0.1) is 5.92 Å². The van der Waals surface area contributed by atoms with Gasteiger partial charge in [-0.1, -0.05) is 49.9 Å². The van der Waals surface area contributed by atoms with Crippen molar-refractivity contribution in [3.8, 4) is 0 Å². The SMILES string of the molecule is CCNC1CCCCCC1CN(C)Cc1ccc(Cl)cc1. The fourth-order valence-corrected chi connectivity index (χ4v) is 3.63. The van der Waals surface area contributed by atoms with Gasteiger partial charge in [0, 0.05) is 24.2 Å². The van der Waals surface area contributed by atoms with Gasteiger partial charge in [-0.2, -0.15) is 0 Å². The highest BCUT2D eigenvalue weighted by molar-refractivity contribution is 6.30. The van der Waals surface area contributed by atoms with Crippen LogP contribution in [0.2, 0.25) is 5.02 Å². The van der Waals surface area contributed by atoms with Crippen molar-refractivity contribution >= 4 is 11.6 Å². The van der Waals surface area contributed by atoms with E-state index in [4.69, 9.17) is 11.6 Å². The van der Waals surface area contributed by atoms with Crippen molar-refractivity contribution in [2.24, 2.45) is 5.92 Å². The molecule has 1 aliphatic rings. The zero-order chi connectivity index (χ0) is 15.1. The number of halogens is 1. The zero-order valence-electron chi connectivity index (χ0n) is 13.4. The van der Waals surface area contributed by atoms with Crippen molar-refractivity contribution in [2.75, 3.05) is 20.1 Å². The number of hydrogen-bond donors (Lipinski definition) is 1. The van der Waals surface area contributed by atoms with Gasteiger partial charge in [0.2, 0.25) is 0 Å². The molecule has 0 spiro atoms. The topological polar surface area (TPSA) is 15.3 Å². The van der Waals surface area contributed by atoms with Crippen molar-refractivity contribution in [2.45, 2.75) is 51.6 Å². The first kappa shape index (κ1) is 16.8. The summed E-state index contributed by atoms with van der Waals surface area (Å²) in [7, 11) is 2.24. The normalized spacial score (nSPS) is 23.2. The van der Waals surface area contributed by atoms with Gasteiger partial charge in [-0.15, -0.1) is 0 Å². The third-order valence-corrected chi connectivity index (χ3v) is 4.79.